The summed E-state index contributed by atoms with van der Waals surface area (Å²) >= 11 is 11.4. The molecule has 4 aromatic carbocycles. The van der Waals surface area contributed by atoms with Crippen LogP contribution in [0.4, 0.5) is 5.95 Å². The first-order valence-corrected chi connectivity index (χ1v) is 16.6. The van der Waals surface area contributed by atoms with E-state index in [4.69, 9.17) is 35.9 Å². The van der Waals surface area contributed by atoms with Gasteiger partial charge in [0.1, 0.15) is 19.3 Å². The number of halogens is 2. The third-order valence-electron chi connectivity index (χ3n) is 7.37. The topological polar surface area (TPSA) is 87.5 Å². The van der Waals surface area contributed by atoms with E-state index in [0.29, 0.717) is 51.3 Å². The van der Waals surface area contributed by atoms with E-state index in [0.717, 1.165) is 26.7 Å². The minimum atomic E-state index is -0.644. The molecule has 11 heteroatoms. The summed E-state index contributed by atoms with van der Waals surface area (Å²) in [6, 6.07) is 30.2. The Hall–Kier alpha value is -4.25. The van der Waals surface area contributed by atoms with Crippen LogP contribution < -0.4 is 14.8 Å². The first kappa shape index (κ1) is 31.7. The molecule has 1 atom stereocenters. The standard InChI is InChI=1S/C35H30BrClN4O4S/c1-22-31(33(42)45-19-23-9-4-3-5-10-23)32(41-34(38-22)39-35(40-41)46-21-26-12-6-7-14-28(26)37)25-15-16-29(30(18-25)43-2)44-20-24-11-8-13-27(36)17-24/h3-18,32H,19-21H2,1-2H3,(H,38,39,40). The predicted octanol–water partition coefficient (Wildman–Crippen LogP) is 8.61. The number of fused-ring (bicyclic) bond motifs is 1. The van der Waals surface area contributed by atoms with Gasteiger partial charge in [-0.1, -0.05) is 106 Å². The van der Waals surface area contributed by atoms with Gasteiger partial charge in [-0.15, -0.1) is 5.10 Å². The van der Waals surface area contributed by atoms with E-state index in [9.17, 15) is 4.79 Å². The Balaban J connectivity index is 1.32. The maximum absolute atomic E-state index is 13.8. The van der Waals surface area contributed by atoms with Crippen LogP contribution in [0.5, 0.6) is 11.5 Å². The summed E-state index contributed by atoms with van der Waals surface area (Å²) in [6.45, 7) is 2.34. The lowest BCUT2D eigenvalue weighted by molar-refractivity contribution is -0.140. The summed E-state index contributed by atoms with van der Waals surface area (Å²) in [6.07, 6.45) is 0. The van der Waals surface area contributed by atoms with Crippen molar-refractivity contribution in [2.24, 2.45) is 0 Å². The largest absolute Gasteiger partial charge is 0.493 e. The highest BCUT2D eigenvalue weighted by Gasteiger charge is 2.36. The third-order valence-corrected chi connectivity index (χ3v) is 9.12. The molecule has 0 bridgehead atoms. The first-order valence-electron chi connectivity index (χ1n) is 14.5. The lowest BCUT2D eigenvalue weighted by Crippen LogP contribution is -2.29. The molecule has 0 fully saturated rings. The number of allylic oxidation sites excluding steroid dienone is 1. The number of nitrogens with zero attached hydrogens (tertiary/aromatic N) is 3. The zero-order chi connectivity index (χ0) is 32.0. The van der Waals surface area contributed by atoms with Crippen LogP contribution in [0.15, 0.2) is 118 Å². The number of thioether (sulfide) groups is 1. The molecule has 0 saturated carbocycles. The summed E-state index contributed by atoms with van der Waals surface area (Å²) in [5, 5.41) is 9.34. The van der Waals surface area contributed by atoms with Gasteiger partial charge in [0.25, 0.3) is 0 Å². The number of carbonyl (C=O) groups is 1. The molecule has 1 N–H and O–H groups in total. The Kier molecular flexibility index (Phi) is 9.97. The lowest BCUT2D eigenvalue weighted by Gasteiger charge is -2.28. The second kappa shape index (κ2) is 14.5. The highest BCUT2D eigenvalue weighted by atomic mass is 79.9. The van der Waals surface area contributed by atoms with Gasteiger partial charge >= 0.3 is 5.97 Å². The maximum atomic E-state index is 13.8. The van der Waals surface area contributed by atoms with Gasteiger partial charge in [-0.05, 0) is 59.5 Å². The van der Waals surface area contributed by atoms with Gasteiger partial charge in [-0.25, -0.2) is 9.48 Å². The Morgan fingerprint density at radius 1 is 0.957 bits per heavy atom. The molecule has 0 amide bonds. The van der Waals surface area contributed by atoms with Crippen LogP contribution in [0.2, 0.25) is 5.02 Å². The van der Waals surface area contributed by atoms with Crippen LogP contribution in [0, 0.1) is 0 Å². The predicted molar refractivity (Wildman–Crippen MR) is 183 cm³/mol. The number of hydrogen-bond donors (Lipinski definition) is 1. The zero-order valence-electron chi connectivity index (χ0n) is 25.1. The number of methoxy groups -OCH3 is 1. The fourth-order valence-corrected chi connectivity index (χ4v) is 6.65. The van der Waals surface area contributed by atoms with E-state index < -0.39 is 12.0 Å². The van der Waals surface area contributed by atoms with Gasteiger partial charge in [0.2, 0.25) is 11.1 Å². The van der Waals surface area contributed by atoms with Crippen LogP contribution >= 0.6 is 39.3 Å². The molecule has 1 aromatic heterocycles. The van der Waals surface area contributed by atoms with Crippen LogP contribution in [-0.2, 0) is 28.5 Å². The van der Waals surface area contributed by atoms with E-state index in [1.807, 2.05) is 104 Å². The normalized spacial score (nSPS) is 14.0. The fourth-order valence-electron chi connectivity index (χ4n) is 5.09. The highest BCUT2D eigenvalue weighted by molar-refractivity contribution is 9.10. The van der Waals surface area contributed by atoms with Crippen molar-refractivity contribution >= 4 is 51.2 Å². The minimum Gasteiger partial charge on any atom is -0.493 e. The Labute approximate surface area is 284 Å². The van der Waals surface area contributed by atoms with Crippen LogP contribution in [0.25, 0.3) is 0 Å². The minimum absolute atomic E-state index is 0.137. The van der Waals surface area contributed by atoms with E-state index in [1.54, 1.807) is 11.8 Å². The fraction of sp³-hybridized carbons (Fsp3) is 0.171. The van der Waals surface area contributed by atoms with Gasteiger partial charge < -0.3 is 19.5 Å². The molecule has 0 radical (unpaired) electrons. The molecule has 1 unspecified atom stereocenters. The second-order valence-corrected chi connectivity index (χ2v) is 12.8. The average Bonchev–Trinajstić information content (AvgIpc) is 3.48. The van der Waals surface area contributed by atoms with Gasteiger partial charge in [-0.3, -0.25) is 0 Å². The molecule has 234 valence electrons. The van der Waals surface area contributed by atoms with Crippen molar-refractivity contribution in [3.8, 4) is 11.5 Å². The van der Waals surface area contributed by atoms with Crippen molar-refractivity contribution in [2.45, 2.75) is 37.1 Å². The van der Waals surface area contributed by atoms with Crippen molar-refractivity contribution in [1.82, 2.24) is 14.8 Å². The lowest BCUT2D eigenvalue weighted by atomic mass is 9.95. The molecular weight excluding hydrogens is 688 g/mol. The molecule has 8 nitrogen and oxygen atoms in total. The molecule has 1 aliphatic heterocycles. The molecule has 0 saturated heterocycles. The number of esters is 1. The SMILES string of the molecule is COc1cc(C2C(C(=O)OCc3ccccc3)=C(C)Nc3nc(SCc4ccccc4Cl)nn32)ccc1OCc1cccc(Br)c1. The van der Waals surface area contributed by atoms with Crippen LogP contribution in [-0.4, -0.2) is 27.8 Å². The Morgan fingerprint density at radius 2 is 1.74 bits per heavy atom. The summed E-state index contributed by atoms with van der Waals surface area (Å²) in [4.78, 5) is 18.5. The number of benzene rings is 4. The number of anilines is 1. The Bertz CT molecular complexity index is 1900. The van der Waals surface area contributed by atoms with Gasteiger partial charge in [-0.2, -0.15) is 4.98 Å². The van der Waals surface area contributed by atoms with E-state index in [2.05, 4.69) is 21.2 Å². The van der Waals surface area contributed by atoms with Crippen molar-refractivity contribution in [3.05, 3.63) is 140 Å². The van der Waals surface area contributed by atoms with Crippen molar-refractivity contribution < 1.29 is 19.0 Å². The number of aromatic nitrogens is 3. The average molecular weight is 718 g/mol. The molecule has 0 spiro atoms. The monoisotopic (exact) mass is 716 g/mol. The molecule has 1 aliphatic rings. The number of hydrogen-bond acceptors (Lipinski definition) is 8. The van der Waals surface area contributed by atoms with E-state index in [1.165, 1.54) is 11.8 Å². The second-order valence-electron chi connectivity index (χ2n) is 10.5. The number of ether oxygens (including phenoxy) is 3. The Morgan fingerprint density at radius 3 is 2.52 bits per heavy atom. The molecule has 0 aliphatic carbocycles. The van der Waals surface area contributed by atoms with E-state index >= 15 is 0 Å². The van der Waals surface area contributed by atoms with Crippen molar-refractivity contribution in [2.75, 3.05) is 12.4 Å². The summed E-state index contributed by atoms with van der Waals surface area (Å²) < 4.78 is 20.4. The van der Waals surface area contributed by atoms with Crippen molar-refractivity contribution in [1.29, 1.82) is 0 Å². The molecule has 6 rings (SSSR count). The van der Waals surface area contributed by atoms with Crippen LogP contribution in [0.1, 0.15) is 35.2 Å². The maximum Gasteiger partial charge on any atom is 0.338 e. The first-order chi connectivity index (χ1) is 22.4. The number of rotatable bonds is 11. The smallest absolute Gasteiger partial charge is 0.338 e. The zero-order valence-corrected chi connectivity index (χ0v) is 28.2. The highest BCUT2D eigenvalue weighted by Crippen LogP contribution is 2.40. The molecule has 46 heavy (non-hydrogen) atoms. The number of nitrogens with one attached hydrogen (secondary N) is 1. The summed E-state index contributed by atoms with van der Waals surface area (Å²) in [7, 11) is 1.59. The van der Waals surface area contributed by atoms with Gasteiger partial charge in [0.05, 0.1) is 12.7 Å². The molecule has 5 aromatic rings. The number of carbonyl (C=O) groups excluding carboxylic acids is 1. The van der Waals surface area contributed by atoms with Crippen LogP contribution in [0.3, 0.4) is 0 Å². The quantitative estimate of drug-likeness (QED) is 0.107. The van der Waals surface area contributed by atoms with Gasteiger partial charge in [0.15, 0.2) is 11.5 Å². The van der Waals surface area contributed by atoms with Gasteiger partial charge in [0, 0.05) is 20.9 Å². The molecular formula is C35H30BrClN4O4S. The third kappa shape index (κ3) is 7.25. The van der Waals surface area contributed by atoms with E-state index in [-0.39, 0.29) is 6.61 Å². The van der Waals surface area contributed by atoms with Crippen molar-refractivity contribution in [3.63, 3.8) is 0 Å². The summed E-state index contributed by atoms with van der Waals surface area (Å²) in [5.41, 5.74) is 4.68. The molecule has 2 heterocycles. The summed E-state index contributed by atoms with van der Waals surface area (Å²) in [5.74, 6) is 1.74.